The first-order chi connectivity index (χ1) is 20.6. The van der Waals surface area contributed by atoms with E-state index in [0.29, 0.717) is 41.9 Å². The maximum atomic E-state index is 13.6. The lowest BCUT2D eigenvalue weighted by Gasteiger charge is -2.24. The van der Waals surface area contributed by atoms with Crippen LogP contribution in [0.4, 0.5) is 18.9 Å². The minimum Gasteiger partial charge on any atom is -0.475 e. The summed E-state index contributed by atoms with van der Waals surface area (Å²) >= 11 is 2.81. The fourth-order valence-corrected chi connectivity index (χ4v) is 9.46. The molecule has 10 nitrogen and oxygen atoms in total. The number of benzene rings is 1. The fourth-order valence-electron chi connectivity index (χ4n) is 4.86. The highest BCUT2D eigenvalue weighted by Crippen LogP contribution is 2.39. The lowest BCUT2D eigenvalue weighted by atomic mass is 10.2. The molecule has 17 heteroatoms. The summed E-state index contributed by atoms with van der Waals surface area (Å²) in [7, 11) is -6.69. The zero-order chi connectivity index (χ0) is 31.9. The van der Waals surface area contributed by atoms with Crippen LogP contribution in [0.25, 0.3) is 21.6 Å². The second-order valence-corrected chi connectivity index (χ2v) is 17.2. The van der Waals surface area contributed by atoms with Gasteiger partial charge in [0.1, 0.15) is 9.22 Å². The van der Waals surface area contributed by atoms with Gasteiger partial charge in [-0.3, -0.25) is 9.21 Å². The van der Waals surface area contributed by atoms with Gasteiger partial charge in [-0.15, -0.1) is 22.7 Å². The number of sulfone groups is 1. The van der Waals surface area contributed by atoms with Crippen molar-refractivity contribution in [2.24, 2.45) is 5.92 Å². The molecule has 0 amide bonds. The third-order valence-corrected chi connectivity index (χ3v) is 13.1. The van der Waals surface area contributed by atoms with Crippen LogP contribution in [0.5, 0.6) is 0 Å². The highest BCUT2D eigenvalue weighted by Gasteiger charge is 2.38. The van der Waals surface area contributed by atoms with Crippen LogP contribution in [-0.2, 0) is 31.2 Å². The van der Waals surface area contributed by atoms with E-state index < -0.39 is 32.0 Å². The van der Waals surface area contributed by atoms with Crippen molar-refractivity contribution < 1.29 is 39.9 Å². The predicted molar refractivity (Wildman–Crippen MR) is 163 cm³/mol. The van der Waals surface area contributed by atoms with Gasteiger partial charge < -0.3 is 10.1 Å². The third kappa shape index (κ3) is 7.44. The predicted octanol–water partition coefficient (Wildman–Crippen LogP) is 5.21. The highest BCUT2D eigenvalue weighted by molar-refractivity contribution is 7.94. The molecule has 1 unspecified atom stereocenters. The van der Waals surface area contributed by atoms with Gasteiger partial charge in [0, 0.05) is 42.4 Å². The van der Waals surface area contributed by atoms with Crippen molar-refractivity contribution in [2.75, 3.05) is 30.2 Å². The Labute approximate surface area is 260 Å². The first-order valence-electron chi connectivity index (χ1n) is 13.5. The summed E-state index contributed by atoms with van der Waals surface area (Å²) < 4.78 is 84.6. The number of fused-ring (bicyclic) bond motifs is 1. The molecular formula is C27H29F3N4O6S4. The van der Waals surface area contributed by atoms with E-state index in [1.807, 2.05) is 30.5 Å². The second kappa shape index (κ2) is 12.4. The van der Waals surface area contributed by atoms with Crippen LogP contribution in [0.2, 0.25) is 0 Å². The van der Waals surface area contributed by atoms with Crippen LogP contribution in [0.1, 0.15) is 24.1 Å². The van der Waals surface area contributed by atoms with Crippen LogP contribution >= 0.6 is 22.7 Å². The van der Waals surface area contributed by atoms with E-state index in [1.54, 1.807) is 33.2 Å². The van der Waals surface area contributed by atoms with Gasteiger partial charge >= 0.3 is 12.1 Å². The zero-order valence-electron chi connectivity index (χ0n) is 23.3. The molecule has 1 aromatic carbocycles. The maximum Gasteiger partial charge on any atom is 0.490 e. The standard InChI is InChI=1S/C25H28N4O4S4.C2HF3O2/c1-36(30,31)20-9-10-28(16-20)15-19-13-26-25(35-19)21-12-18-4-2-5-22(24(18)27-21)29(14-17-7-8-17)37(32,33)23-6-3-11-34-23;3-2(4,5)1(6)7/h2-6,11-13,17,20,27H,7-10,14-16H2,1H3;(H,6,7). The number of anilines is 1. The number of para-hydroxylation sites is 1. The number of hydrogen-bond acceptors (Lipinski definition) is 9. The van der Waals surface area contributed by atoms with Crippen molar-refractivity contribution in [1.82, 2.24) is 14.9 Å². The van der Waals surface area contributed by atoms with Gasteiger partial charge in [0.25, 0.3) is 10.0 Å². The van der Waals surface area contributed by atoms with Crippen molar-refractivity contribution in [3.63, 3.8) is 0 Å². The van der Waals surface area contributed by atoms with Gasteiger partial charge in [-0.1, -0.05) is 18.2 Å². The van der Waals surface area contributed by atoms with Crippen LogP contribution in [0.15, 0.2) is 52.2 Å². The summed E-state index contributed by atoms with van der Waals surface area (Å²) in [6, 6.07) is 11.2. The van der Waals surface area contributed by atoms with E-state index in [2.05, 4.69) is 14.9 Å². The van der Waals surface area contributed by atoms with E-state index in [-0.39, 0.29) is 5.25 Å². The van der Waals surface area contributed by atoms with Crippen molar-refractivity contribution in [3.8, 4) is 10.7 Å². The Balaban J connectivity index is 0.000000493. The molecule has 2 fully saturated rings. The van der Waals surface area contributed by atoms with Gasteiger partial charge in [-0.05, 0) is 55.3 Å². The summed E-state index contributed by atoms with van der Waals surface area (Å²) in [4.78, 5) is 20.2. The van der Waals surface area contributed by atoms with Crippen LogP contribution in [-0.4, -0.2) is 80.1 Å². The molecule has 0 spiro atoms. The van der Waals surface area contributed by atoms with E-state index >= 15 is 0 Å². The van der Waals surface area contributed by atoms with Gasteiger partial charge in [-0.25, -0.2) is 26.6 Å². The number of likely N-dealkylation sites (tertiary alicyclic amines) is 1. The van der Waals surface area contributed by atoms with E-state index in [9.17, 15) is 30.0 Å². The van der Waals surface area contributed by atoms with Crippen LogP contribution in [0, 0.1) is 5.92 Å². The van der Waals surface area contributed by atoms with Gasteiger partial charge in [0.05, 0.1) is 22.1 Å². The van der Waals surface area contributed by atoms with Crippen LogP contribution < -0.4 is 4.31 Å². The number of sulfonamides is 1. The van der Waals surface area contributed by atoms with Crippen molar-refractivity contribution in [2.45, 2.75) is 41.4 Å². The summed E-state index contributed by atoms with van der Waals surface area (Å²) in [5, 5.41) is 10.4. The number of rotatable bonds is 9. The Kier molecular flexibility index (Phi) is 9.15. The summed E-state index contributed by atoms with van der Waals surface area (Å²) in [6.45, 7) is 2.45. The second-order valence-electron chi connectivity index (χ2n) is 10.7. The largest absolute Gasteiger partial charge is 0.490 e. The monoisotopic (exact) mass is 690 g/mol. The minimum atomic E-state index is -5.08. The summed E-state index contributed by atoms with van der Waals surface area (Å²) in [5.41, 5.74) is 2.28. The summed E-state index contributed by atoms with van der Waals surface area (Å²) in [5.74, 6) is -2.37. The Morgan fingerprint density at radius 3 is 2.48 bits per heavy atom. The maximum absolute atomic E-state index is 13.6. The zero-order valence-corrected chi connectivity index (χ0v) is 26.6. The highest BCUT2D eigenvalue weighted by atomic mass is 32.2. The van der Waals surface area contributed by atoms with Gasteiger partial charge in [-0.2, -0.15) is 13.2 Å². The summed E-state index contributed by atoms with van der Waals surface area (Å²) in [6.07, 6.45) is 0.841. The Morgan fingerprint density at radius 1 is 1.16 bits per heavy atom. The van der Waals surface area contributed by atoms with Crippen molar-refractivity contribution >= 4 is 65.1 Å². The SMILES string of the molecule is CS(=O)(=O)C1CCN(Cc2cnc(-c3cc4cccc(N(CC5CC5)S(=O)(=O)c5cccs5)c4[nH]3)s2)C1.O=C(O)C(F)(F)F. The van der Waals surface area contributed by atoms with E-state index in [0.717, 1.165) is 45.9 Å². The lowest BCUT2D eigenvalue weighted by molar-refractivity contribution is -0.192. The van der Waals surface area contributed by atoms with Crippen molar-refractivity contribution in [1.29, 1.82) is 0 Å². The number of carboxylic acid groups (broad SMARTS) is 1. The molecule has 1 saturated heterocycles. The fraction of sp³-hybridized carbons (Fsp3) is 0.407. The normalized spacial score (nSPS) is 17.9. The van der Waals surface area contributed by atoms with Crippen LogP contribution in [0.3, 0.4) is 0 Å². The molecule has 0 radical (unpaired) electrons. The molecule has 1 atom stereocenters. The van der Waals surface area contributed by atoms with E-state index in [1.165, 1.54) is 17.6 Å². The first-order valence-corrected chi connectivity index (χ1v) is 18.6. The number of nitrogens with zero attached hydrogens (tertiary/aromatic N) is 3. The molecule has 1 aliphatic carbocycles. The molecule has 4 heterocycles. The smallest absolute Gasteiger partial charge is 0.475 e. The first kappa shape index (κ1) is 32.4. The third-order valence-electron chi connectivity index (χ3n) is 7.30. The number of carbonyl (C=O) groups is 1. The number of aliphatic carboxylic acids is 1. The molecule has 1 saturated carbocycles. The molecule has 3 aromatic heterocycles. The Hall–Kier alpha value is -2.99. The molecule has 1 aliphatic heterocycles. The van der Waals surface area contributed by atoms with Gasteiger partial charge in [0.15, 0.2) is 9.84 Å². The number of aromatic nitrogens is 2. The molecule has 6 rings (SSSR count). The Morgan fingerprint density at radius 2 is 1.89 bits per heavy atom. The molecule has 0 bridgehead atoms. The molecule has 2 aliphatic rings. The molecule has 2 N–H and O–H groups in total. The minimum absolute atomic E-state index is 0.295. The number of thiazole rings is 1. The molecular weight excluding hydrogens is 662 g/mol. The topological polar surface area (TPSA) is 141 Å². The molecule has 238 valence electrons. The van der Waals surface area contributed by atoms with E-state index in [4.69, 9.17) is 9.90 Å². The number of thiophene rings is 1. The number of hydrogen-bond donors (Lipinski definition) is 2. The Bertz CT molecular complexity index is 1850. The molecule has 44 heavy (non-hydrogen) atoms. The number of nitrogens with one attached hydrogen (secondary N) is 1. The number of H-pyrrole nitrogens is 1. The number of alkyl halides is 3. The average Bonchev–Trinajstić information content (AvgIpc) is 3.45. The lowest BCUT2D eigenvalue weighted by Crippen LogP contribution is -2.32. The van der Waals surface area contributed by atoms with Crippen molar-refractivity contribution in [3.05, 3.63) is 52.9 Å². The quantitative estimate of drug-likeness (QED) is 0.244. The number of carboxylic acids is 1. The molecule has 4 aromatic rings. The average molecular weight is 691 g/mol. The number of aromatic amines is 1. The number of halogens is 3. The van der Waals surface area contributed by atoms with Gasteiger partial charge in [0.2, 0.25) is 0 Å².